The van der Waals surface area contributed by atoms with Crippen LogP contribution in [0.25, 0.3) is 0 Å². The van der Waals surface area contributed by atoms with Crippen LogP contribution in [-0.2, 0) is 4.74 Å². The second-order valence-electron chi connectivity index (χ2n) is 4.63. The Morgan fingerprint density at radius 3 is 2.73 bits per heavy atom. The molecule has 0 aromatic heterocycles. The summed E-state index contributed by atoms with van der Waals surface area (Å²) in [6.45, 7) is 5.16. The summed E-state index contributed by atoms with van der Waals surface area (Å²) in [4.78, 5) is 12.8. The zero-order chi connectivity index (χ0) is 11.3. The number of unbranched alkanes of at least 4 members (excludes halogenated alkanes) is 3. The molecule has 3 heteroatoms. The molecule has 1 rings (SSSR count). The first-order chi connectivity index (χ1) is 7.15. The van der Waals surface area contributed by atoms with Crippen LogP contribution in [0.15, 0.2) is 0 Å². The van der Waals surface area contributed by atoms with Gasteiger partial charge in [-0.05, 0) is 12.3 Å². The summed E-state index contributed by atoms with van der Waals surface area (Å²) in [6.07, 6.45) is 6.27. The lowest BCUT2D eigenvalue weighted by Gasteiger charge is -2.16. The van der Waals surface area contributed by atoms with Crippen LogP contribution in [-0.4, -0.2) is 30.7 Å². The van der Waals surface area contributed by atoms with Gasteiger partial charge < -0.3 is 9.64 Å². The number of hydrogen-bond donors (Lipinski definition) is 0. The Morgan fingerprint density at radius 1 is 1.47 bits per heavy atom. The predicted octanol–water partition coefficient (Wildman–Crippen LogP) is 3.04. The van der Waals surface area contributed by atoms with Gasteiger partial charge in [0.05, 0.1) is 6.54 Å². The molecule has 0 aliphatic carbocycles. The molecule has 3 nitrogen and oxygen atoms in total. The first-order valence-electron chi connectivity index (χ1n) is 6.07. The standard InChI is InChI=1S/C12H23NO2/c1-4-5-6-7-8-10(2)11-9-13(3)12(14)15-11/h10-11H,4-9H2,1-3H3. The molecular formula is C12H23NO2. The molecule has 2 atom stereocenters. The molecule has 0 aromatic rings. The van der Waals surface area contributed by atoms with Crippen molar-refractivity contribution < 1.29 is 9.53 Å². The number of amides is 1. The molecular weight excluding hydrogens is 190 g/mol. The number of ether oxygens (including phenoxy) is 1. The highest BCUT2D eigenvalue weighted by molar-refractivity contribution is 5.69. The number of nitrogens with zero attached hydrogens (tertiary/aromatic N) is 1. The summed E-state index contributed by atoms with van der Waals surface area (Å²) < 4.78 is 5.28. The normalized spacial score (nSPS) is 23.0. The second kappa shape index (κ2) is 5.99. The molecule has 0 saturated carbocycles. The summed E-state index contributed by atoms with van der Waals surface area (Å²) in [5, 5.41) is 0. The molecule has 88 valence electrons. The molecule has 0 spiro atoms. The fourth-order valence-corrected chi connectivity index (χ4v) is 1.98. The number of likely N-dealkylation sites (N-methyl/N-ethyl adjacent to an activating group) is 1. The number of carbonyl (C=O) groups excluding carboxylic acids is 1. The Kier molecular flexibility index (Phi) is 4.92. The van der Waals surface area contributed by atoms with Gasteiger partial charge in [0.2, 0.25) is 0 Å². The third kappa shape index (κ3) is 3.73. The van der Waals surface area contributed by atoms with E-state index < -0.39 is 0 Å². The number of carbonyl (C=O) groups is 1. The van der Waals surface area contributed by atoms with Gasteiger partial charge in [-0.2, -0.15) is 0 Å². The van der Waals surface area contributed by atoms with E-state index in [1.807, 2.05) is 0 Å². The maximum Gasteiger partial charge on any atom is 0.409 e. The Labute approximate surface area is 92.8 Å². The van der Waals surface area contributed by atoms with E-state index in [1.54, 1.807) is 11.9 Å². The molecule has 0 aromatic carbocycles. The monoisotopic (exact) mass is 213 g/mol. The predicted molar refractivity (Wildman–Crippen MR) is 60.8 cm³/mol. The van der Waals surface area contributed by atoms with E-state index in [1.165, 1.54) is 32.1 Å². The van der Waals surface area contributed by atoms with Gasteiger partial charge in [0.25, 0.3) is 0 Å². The number of cyclic esters (lactones) is 1. The van der Waals surface area contributed by atoms with Crippen molar-refractivity contribution in [2.24, 2.45) is 5.92 Å². The lowest BCUT2D eigenvalue weighted by atomic mass is 9.97. The maximum atomic E-state index is 11.2. The zero-order valence-corrected chi connectivity index (χ0v) is 10.2. The highest BCUT2D eigenvalue weighted by Crippen LogP contribution is 2.21. The summed E-state index contributed by atoms with van der Waals surface area (Å²) in [5.74, 6) is 0.496. The number of hydrogen-bond acceptors (Lipinski definition) is 2. The van der Waals surface area contributed by atoms with Crippen molar-refractivity contribution in [3.8, 4) is 0 Å². The van der Waals surface area contributed by atoms with Crippen LogP contribution in [0.3, 0.4) is 0 Å². The maximum absolute atomic E-state index is 11.2. The molecule has 1 saturated heterocycles. The van der Waals surface area contributed by atoms with E-state index in [4.69, 9.17) is 4.74 Å². The Hall–Kier alpha value is -0.730. The van der Waals surface area contributed by atoms with Gasteiger partial charge >= 0.3 is 6.09 Å². The van der Waals surface area contributed by atoms with Gasteiger partial charge in [-0.25, -0.2) is 4.79 Å². The molecule has 1 amide bonds. The van der Waals surface area contributed by atoms with Crippen molar-refractivity contribution in [3.05, 3.63) is 0 Å². The first-order valence-corrected chi connectivity index (χ1v) is 6.07. The average molecular weight is 213 g/mol. The van der Waals surface area contributed by atoms with Crippen molar-refractivity contribution in [3.63, 3.8) is 0 Å². The van der Waals surface area contributed by atoms with Crippen molar-refractivity contribution in [2.45, 2.75) is 52.1 Å². The van der Waals surface area contributed by atoms with E-state index in [2.05, 4.69) is 13.8 Å². The fraction of sp³-hybridized carbons (Fsp3) is 0.917. The molecule has 0 bridgehead atoms. The quantitative estimate of drug-likeness (QED) is 0.635. The third-order valence-corrected chi connectivity index (χ3v) is 3.17. The molecule has 15 heavy (non-hydrogen) atoms. The summed E-state index contributed by atoms with van der Waals surface area (Å²) >= 11 is 0. The van der Waals surface area contributed by atoms with Gasteiger partial charge in [-0.15, -0.1) is 0 Å². The van der Waals surface area contributed by atoms with Gasteiger partial charge in [0.15, 0.2) is 0 Å². The van der Waals surface area contributed by atoms with Crippen molar-refractivity contribution in [2.75, 3.05) is 13.6 Å². The van der Waals surface area contributed by atoms with Crippen LogP contribution in [0.1, 0.15) is 46.0 Å². The minimum atomic E-state index is -0.166. The van der Waals surface area contributed by atoms with Crippen LogP contribution in [0.5, 0.6) is 0 Å². The van der Waals surface area contributed by atoms with E-state index in [-0.39, 0.29) is 12.2 Å². The molecule has 1 aliphatic heterocycles. The minimum Gasteiger partial charge on any atom is -0.444 e. The highest BCUT2D eigenvalue weighted by atomic mass is 16.6. The smallest absolute Gasteiger partial charge is 0.409 e. The highest BCUT2D eigenvalue weighted by Gasteiger charge is 2.31. The fourth-order valence-electron chi connectivity index (χ4n) is 1.98. The molecule has 2 unspecified atom stereocenters. The molecule has 1 fully saturated rings. The lowest BCUT2D eigenvalue weighted by molar-refractivity contribution is 0.104. The zero-order valence-electron chi connectivity index (χ0n) is 10.2. The summed E-state index contributed by atoms with van der Waals surface area (Å²) in [6, 6.07) is 0. The topological polar surface area (TPSA) is 29.5 Å². The van der Waals surface area contributed by atoms with E-state index in [0.29, 0.717) is 5.92 Å². The molecule has 0 radical (unpaired) electrons. The van der Waals surface area contributed by atoms with Crippen molar-refractivity contribution in [1.29, 1.82) is 0 Å². The molecule has 1 heterocycles. The van der Waals surface area contributed by atoms with E-state index in [9.17, 15) is 4.79 Å². The van der Waals surface area contributed by atoms with E-state index in [0.717, 1.165) is 6.54 Å². The van der Waals surface area contributed by atoms with Gasteiger partial charge in [0, 0.05) is 7.05 Å². The second-order valence-corrected chi connectivity index (χ2v) is 4.63. The Balaban J connectivity index is 2.17. The van der Waals surface area contributed by atoms with Crippen LogP contribution < -0.4 is 0 Å². The van der Waals surface area contributed by atoms with Gasteiger partial charge in [-0.1, -0.05) is 39.5 Å². The largest absolute Gasteiger partial charge is 0.444 e. The first kappa shape index (κ1) is 12.3. The van der Waals surface area contributed by atoms with Crippen molar-refractivity contribution >= 4 is 6.09 Å². The van der Waals surface area contributed by atoms with Crippen LogP contribution >= 0.6 is 0 Å². The average Bonchev–Trinajstić information content (AvgIpc) is 2.54. The summed E-state index contributed by atoms with van der Waals surface area (Å²) in [7, 11) is 1.80. The van der Waals surface area contributed by atoms with Gasteiger partial charge in [-0.3, -0.25) is 0 Å². The van der Waals surface area contributed by atoms with Gasteiger partial charge in [0.1, 0.15) is 6.10 Å². The van der Waals surface area contributed by atoms with E-state index >= 15 is 0 Å². The third-order valence-electron chi connectivity index (χ3n) is 3.17. The van der Waals surface area contributed by atoms with Crippen LogP contribution in [0, 0.1) is 5.92 Å². The minimum absolute atomic E-state index is 0.115. The molecule has 0 N–H and O–H groups in total. The van der Waals surface area contributed by atoms with Crippen LogP contribution in [0.4, 0.5) is 4.79 Å². The Morgan fingerprint density at radius 2 is 2.20 bits per heavy atom. The van der Waals surface area contributed by atoms with Crippen molar-refractivity contribution in [1.82, 2.24) is 4.90 Å². The lowest BCUT2D eigenvalue weighted by Crippen LogP contribution is -2.23. The number of rotatable bonds is 6. The summed E-state index contributed by atoms with van der Waals surface area (Å²) in [5.41, 5.74) is 0. The Bertz CT molecular complexity index is 206. The molecule has 1 aliphatic rings. The SMILES string of the molecule is CCCCCCC(C)C1CN(C)C(=O)O1. The van der Waals surface area contributed by atoms with Crippen LogP contribution in [0.2, 0.25) is 0 Å².